The maximum atomic E-state index is 5.87. The highest BCUT2D eigenvalue weighted by molar-refractivity contribution is 5.47. The van der Waals surface area contributed by atoms with Crippen LogP contribution in [0.1, 0.15) is 38.7 Å². The van der Waals surface area contributed by atoms with Gasteiger partial charge in [-0.25, -0.2) is 0 Å². The van der Waals surface area contributed by atoms with E-state index in [0.29, 0.717) is 0 Å². The fourth-order valence-corrected chi connectivity index (χ4v) is 2.20. The van der Waals surface area contributed by atoms with Crippen LogP contribution < -0.4 is 14.8 Å². The van der Waals surface area contributed by atoms with Crippen molar-refractivity contribution >= 4 is 5.69 Å². The highest BCUT2D eigenvalue weighted by atomic mass is 16.5. The van der Waals surface area contributed by atoms with Crippen LogP contribution in [0.4, 0.5) is 5.69 Å². The lowest BCUT2D eigenvalue weighted by atomic mass is 10.2. The predicted octanol–water partition coefficient (Wildman–Crippen LogP) is 5.27. The van der Waals surface area contributed by atoms with Gasteiger partial charge in [0.1, 0.15) is 11.5 Å². The number of anilines is 1. The molecule has 23 heavy (non-hydrogen) atoms. The average Bonchev–Trinajstić information content (AvgIpc) is 2.60. The van der Waals surface area contributed by atoms with E-state index in [2.05, 4.69) is 25.2 Å². The van der Waals surface area contributed by atoms with E-state index in [1.54, 1.807) is 0 Å². The monoisotopic (exact) mass is 313 g/mol. The molecule has 0 heterocycles. The number of rotatable bonds is 10. The van der Waals surface area contributed by atoms with E-state index >= 15 is 0 Å². The lowest BCUT2D eigenvalue weighted by Crippen LogP contribution is -2.04. The van der Waals surface area contributed by atoms with Crippen molar-refractivity contribution in [1.29, 1.82) is 0 Å². The van der Waals surface area contributed by atoms with E-state index in [0.717, 1.165) is 56.2 Å². The summed E-state index contributed by atoms with van der Waals surface area (Å²) in [7, 11) is 0. The van der Waals surface area contributed by atoms with Gasteiger partial charge in [0, 0.05) is 17.8 Å². The van der Waals surface area contributed by atoms with Crippen LogP contribution in [-0.4, -0.2) is 13.2 Å². The molecule has 0 saturated carbocycles. The van der Waals surface area contributed by atoms with Crippen LogP contribution >= 0.6 is 0 Å². The standard InChI is InChI=1S/C20H27NO2/c1-3-5-15-23-20-9-7-6-8-17(20)16-21-18-10-12-19(13-11-18)22-14-4-2/h6-13,21H,3-5,14-16H2,1-2H3. The molecular weight excluding hydrogens is 286 g/mol. The highest BCUT2D eigenvalue weighted by Gasteiger charge is 2.03. The van der Waals surface area contributed by atoms with Crippen molar-refractivity contribution in [2.24, 2.45) is 0 Å². The number of hydrogen-bond donors (Lipinski definition) is 1. The molecule has 2 aromatic carbocycles. The van der Waals surface area contributed by atoms with Gasteiger partial charge in [-0.3, -0.25) is 0 Å². The van der Waals surface area contributed by atoms with Gasteiger partial charge in [-0.2, -0.15) is 0 Å². The van der Waals surface area contributed by atoms with Crippen LogP contribution in [0.2, 0.25) is 0 Å². The smallest absolute Gasteiger partial charge is 0.124 e. The Labute approximate surface area is 139 Å². The minimum Gasteiger partial charge on any atom is -0.494 e. The number of benzene rings is 2. The largest absolute Gasteiger partial charge is 0.494 e. The quantitative estimate of drug-likeness (QED) is 0.606. The van der Waals surface area contributed by atoms with Crippen molar-refractivity contribution in [2.75, 3.05) is 18.5 Å². The number of nitrogens with one attached hydrogen (secondary N) is 1. The third kappa shape index (κ3) is 5.85. The SMILES string of the molecule is CCCCOc1ccccc1CNc1ccc(OCCC)cc1. The Morgan fingerprint density at radius 3 is 2.35 bits per heavy atom. The van der Waals surface area contributed by atoms with Gasteiger partial charge < -0.3 is 14.8 Å². The van der Waals surface area contributed by atoms with E-state index in [-0.39, 0.29) is 0 Å². The first-order valence-electron chi connectivity index (χ1n) is 8.51. The minimum absolute atomic E-state index is 0.747. The van der Waals surface area contributed by atoms with E-state index in [1.165, 1.54) is 5.56 Å². The second kappa shape index (κ2) is 9.78. The van der Waals surface area contributed by atoms with Gasteiger partial charge in [0.25, 0.3) is 0 Å². The molecule has 0 spiro atoms. The Hall–Kier alpha value is -2.16. The zero-order valence-corrected chi connectivity index (χ0v) is 14.2. The van der Waals surface area contributed by atoms with Crippen LogP contribution in [0.15, 0.2) is 48.5 Å². The number of hydrogen-bond acceptors (Lipinski definition) is 3. The molecule has 2 rings (SSSR count). The summed E-state index contributed by atoms with van der Waals surface area (Å²) in [5, 5.41) is 3.44. The lowest BCUT2D eigenvalue weighted by Gasteiger charge is -2.13. The summed E-state index contributed by atoms with van der Waals surface area (Å²) in [5.41, 5.74) is 2.26. The molecular formula is C20H27NO2. The summed E-state index contributed by atoms with van der Waals surface area (Å²) >= 11 is 0. The summed E-state index contributed by atoms with van der Waals surface area (Å²) in [4.78, 5) is 0. The molecule has 0 saturated heterocycles. The maximum absolute atomic E-state index is 5.87. The molecule has 0 bridgehead atoms. The molecule has 0 amide bonds. The minimum atomic E-state index is 0.747. The van der Waals surface area contributed by atoms with Crippen molar-refractivity contribution in [3.63, 3.8) is 0 Å². The summed E-state index contributed by atoms with van der Waals surface area (Å²) < 4.78 is 11.5. The molecule has 0 aliphatic heterocycles. The van der Waals surface area contributed by atoms with Gasteiger partial charge in [0.15, 0.2) is 0 Å². The Morgan fingerprint density at radius 1 is 0.826 bits per heavy atom. The fourth-order valence-electron chi connectivity index (χ4n) is 2.20. The number of unbranched alkanes of at least 4 members (excludes halogenated alkanes) is 1. The van der Waals surface area contributed by atoms with Crippen LogP contribution in [-0.2, 0) is 6.54 Å². The summed E-state index contributed by atoms with van der Waals surface area (Å²) in [5.74, 6) is 1.89. The molecule has 0 aromatic heterocycles. The molecule has 0 atom stereocenters. The van der Waals surface area contributed by atoms with Gasteiger partial charge in [0.2, 0.25) is 0 Å². The molecule has 2 aromatic rings. The first kappa shape index (κ1) is 17.2. The van der Waals surface area contributed by atoms with E-state index < -0.39 is 0 Å². The Kier molecular flexibility index (Phi) is 7.31. The molecule has 1 N–H and O–H groups in total. The zero-order valence-electron chi connectivity index (χ0n) is 14.2. The molecule has 0 unspecified atom stereocenters. The van der Waals surface area contributed by atoms with Crippen molar-refractivity contribution < 1.29 is 9.47 Å². The Balaban J connectivity index is 1.90. The van der Waals surface area contributed by atoms with Crippen molar-refractivity contribution in [3.8, 4) is 11.5 Å². The zero-order chi connectivity index (χ0) is 16.3. The van der Waals surface area contributed by atoms with Gasteiger partial charge in [-0.15, -0.1) is 0 Å². The molecule has 0 fully saturated rings. The third-order valence-electron chi connectivity index (χ3n) is 3.54. The van der Waals surface area contributed by atoms with E-state index in [1.807, 2.05) is 42.5 Å². The van der Waals surface area contributed by atoms with E-state index in [4.69, 9.17) is 9.47 Å². The second-order valence-electron chi connectivity index (χ2n) is 5.54. The Morgan fingerprint density at radius 2 is 1.61 bits per heavy atom. The topological polar surface area (TPSA) is 30.5 Å². The summed E-state index contributed by atoms with van der Waals surface area (Å²) in [6.45, 7) is 6.56. The van der Waals surface area contributed by atoms with Crippen molar-refractivity contribution in [1.82, 2.24) is 0 Å². The molecule has 0 aliphatic rings. The first-order chi connectivity index (χ1) is 11.3. The third-order valence-corrected chi connectivity index (χ3v) is 3.54. The van der Waals surface area contributed by atoms with Gasteiger partial charge >= 0.3 is 0 Å². The maximum Gasteiger partial charge on any atom is 0.124 e. The van der Waals surface area contributed by atoms with Gasteiger partial charge in [-0.05, 0) is 43.2 Å². The molecule has 0 radical (unpaired) electrons. The van der Waals surface area contributed by atoms with Crippen LogP contribution in [0, 0.1) is 0 Å². The van der Waals surface area contributed by atoms with Gasteiger partial charge in [0.05, 0.1) is 13.2 Å². The lowest BCUT2D eigenvalue weighted by molar-refractivity contribution is 0.306. The fraction of sp³-hybridized carbons (Fsp3) is 0.400. The molecule has 3 heteroatoms. The second-order valence-corrected chi connectivity index (χ2v) is 5.54. The predicted molar refractivity (Wildman–Crippen MR) is 96.4 cm³/mol. The molecule has 124 valence electrons. The molecule has 3 nitrogen and oxygen atoms in total. The summed E-state index contributed by atoms with van der Waals surface area (Å²) in [6, 6.07) is 16.3. The van der Waals surface area contributed by atoms with E-state index in [9.17, 15) is 0 Å². The average molecular weight is 313 g/mol. The van der Waals surface area contributed by atoms with Crippen molar-refractivity contribution in [2.45, 2.75) is 39.7 Å². The van der Waals surface area contributed by atoms with Gasteiger partial charge in [-0.1, -0.05) is 38.5 Å². The number of para-hydroxylation sites is 1. The number of ether oxygens (including phenoxy) is 2. The highest BCUT2D eigenvalue weighted by Crippen LogP contribution is 2.21. The van der Waals surface area contributed by atoms with Crippen LogP contribution in [0.5, 0.6) is 11.5 Å². The normalized spacial score (nSPS) is 10.3. The molecule has 0 aliphatic carbocycles. The Bertz CT molecular complexity index is 566. The van der Waals surface area contributed by atoms with Crippen LogP contribution in [0.3, 0.4) is 0 Å². The summed E-state index contributed by atoms with van der Waals surface area (Å²) in [6.07, 6.45) is 3.25. The van der Waals surface area contributed by atoms with Crippen LogP contribution in [0.25, 0.3) is 0 Å². The first-order valence-corrected chi connectivity index (χ1v) is 8.51. The van der Waals surface area contributed by atoms with Crippen molar-refractivity contribution in [3.05, 3.63) is 54.1 Å².